The molecule has 1 atom stereocenters. The first-order chi connectivity index (χ1) is 11.6. The number of anilines is 1. The smallest absolute Gasteiger partial charge is 0.265 e. The number of carbonyl (C=O) groups excluding carboxylic acids is 1. The van der Waals surface area contributed by atoms with Gasteiger partial charge in [-0.2, -0.15) is 0 Å². The largest absolute Gasteiger partial charge is 0.481 e. The third kappa shape index (κ3) is 4.94. The minimum Gasteiger partial charge on any atom is -0.481 e. The first-order valence-electron chi connectivity index (χ1n) is 7.45. The van der Waals surface area contributed by atoms with Gasteiger partial charge in [-0.1, -0.05) is 11.6 Å². The summed E-state index contributed by atoms with van der Waals surface area (Å²) in [5, 5.41) is 8.35. The van der Waals surface area contributed by atoms with Crippen molar-refractivity contribution < 1.29 is 17.9 Å². The summed E-state index contributed by atoms with van der Waals surface area (Å²) >= 11 is 6.11. The molecule has 0 saturated carbocycles. The standard InChI is InChI=1S/C17H19ClN2O4S/c1-10-8-14(9-11(2)16(10)18)24-12(3)17(21)20-13-4-6-15(7-5-13)25(19,22)23/h4-9,12H,1-3H3,(H,20,21)(H2,19,22,23). The SMILES string of the molecule is Cc1cc(OC(C)C(=O)Nc2ccc(S(N)(=O)=O)cc2)cc(C)c1Cl. The van der Waals surface area contributed by atoms with Crippen molar-refractivity contribution in [3.8, 4) is 5.75 Å². The second kappa shape index (κ2) is 7.43. The number of hydrogen-bond acceptors (Lipinski definition) is 4. The predicted octanol–water partition coefficient (Wildman–Crippen LogP) is 3.01. The number of aryl methyl sites for hydroxylation is 2. The molecule has 2 aromatic carbocycles. The highest BCUT2D eigenvalue weighted by Gasteiger charge is 2.16. The van der Waals surface area contributed by atoms with Crippen molar-refractivity contribution in [1.29, 1.82) is 0 Å². The van der Waals surface area contributed by atoms with Crippen molar-refractivity contribution in [2.45, 2.75) is 31.8 Å². The fourth-order valence-electron chi connectivity index (χ4n) is 2.20. The zero-order valence-corrected chi connectivity index (χ0v) is 15.6. The van der Waals surface area contributed by atoms with Crippen LogP contribution < -0.4 is 15.2 Å². The number of halogens is 1. The van der Waals surface area contributed by atoms with Gasteiger partial charge in [0, 0.05) is 10.7 Å². The molecule has 0 spiro atoms. The fourth-order valence-corrected chi connectivity index (χ4v) is 2.83. The van der Waals surface area contributed by atoms with Crippen LogP contribution in [0.25, 0.3) is 0 Å². The van der Waals surface area contributed by atoms with Gasteiger partial charge < -0.3 is 10.1 Å². The molecular formula is C17H19ClN2O4S. The molecule has 1 amide bonds. The van der Waals surface area contributed by atoms with Crippen LogP contribution in [-0.2, 0) is 14.8 Å². The van der Waals surface area contributed by atoms with Crippen LogP contribution >= 0.6 is 11.6 Å². The van der Waals surface area contributed by atoms with E-state index in [1.165, 1.54) is 24.3 Å². The van der Waals surface area contributed by atoms with Crippen LogP contribution in [0.3, 0.4) is 0 Å². The van der Waals surface area contributed by atoms with E-state index in [0.29, 0.717) is 16.5 Å². The molecule has 2 rings (SSSR count). The Morgan fingerprint density at radius 2 is 1.68 bits per heavy atom. The Bertz CT molecular complexity index is 872. The van der Waals surface area contributed by atoms with E-state index in [2.05, 4.69) is 5.32 Å². The zero-order valence-electron chi connectivity index (χ0n) is 14.0. The third-order valence-corrected chi connectivity index (χ3v) is 5.07. The predicted molar refractivity (Wildman–Crippen MR) is 97.5 cm³/mol. The third-order valence-electron chi connectivity index (χ3n) is 3.54. The topological polar surface area (TPSA) is 98.5 Å². The minimum atomic E-state index is -3.76. The van der Waals surface area contributed by atoms with Gasteiger partial charge in [-0.3, -0.25) is 4.79 Å². The van der Waals surface area contributed by atoms with E-state index < -0.39 is 16.1 Å². The van der Waals surface area contributed by atoms with E-state index in [9.17, 15) is 13.2 Å². The molecule has 2 aromatic rings. The number of nitrogens with two attached hydrogens (primary N) is 1. The zero-order chi connectivity index (χ0) is 18.8. The van der Waals surface area contributed by atoms with Crippen molar-refractivity contribution in [2.24, 2.45) is 5.14 Å². The number of sulfonamides is 1. The minimum absolute atomic E-state index is 0.0260. The summed E-state index contributed by atoms with van der Waals surface area (Å²) < 4.78 is 28.1. The van der Waals surface area contributed by atoms with Gasteiger partial charge >= 0.3 is 0 Å². The molecule has 8 heteroatoms. The van der Waals surface area contributed by atoms with Gasteiger partial charge in [0.1, 0.15) is 5.75 Å². The number of carbonyl (C=O) groups is 1. The summed E-state index contributed by atoms with van der Waals surface area (Å²) in [6.07, 6.45) is -0.752. The van der Waals surface area contributed by atoms with Gasteiger partial charge in [-0.15, -0.1) is 0 Å². The average molecular weight is 383 g/mol. The van der Waals surface area contributed by atoms with Crippen molar-refractivity contribution in [1.82, 2.24) is 0 Å². The molecule has 0 heterocycles. The number of rotatable bonds is 5. The van der Waals surface area contributed by atoms with Crippen molar-refractivity contribution >= 4 is 33.2 Å². The Kier molecular flexibility index (Phi) is 5.72. The first-order valence-corrected chi connectivity index (χ1v) is 9.37. The lowest BCUT2D eigenvalue weighted by molar-refractivity contribution is -0.122. The lowest BCUT2D eigenvalue weighted by Gasteiger charge is -2.16. The molecule has 0 aliphatic carbocycles. The van der Waals surface area contributed by atoms with E-state index in [1.807, 2.05) is 13.8 Å². The van der Waals surface area contributed by atoms with Crippen molar-refractivity contribution in [3.05, 3.63) is 52.5 Å². The van der Waals surface area contributed by atoms with Crippen molar-refractivity contribution in [3.63, 3.8) is 0 Å². The van der Waals surface area contributed by atoms with Crippen LogP contribution in [0.2, 0.25) is 5.02 Å². The van der Waals surface area contributed by atoms with Crippen molar-refractivity contribution in [2.75, 3.05) is 5.32 Å². The molecule has 0 fully saturated rings. The van der Waals surface area contributed by atoms with Gasteiger partial charge in [-0.05, 0) is 68.3 Å². The van der Waals surface area contributed by atoms with Gasteiger partial charge in [-0.25, -0.2) is 13.6 Å². The maximum Gasteiger partial charge on any atom is 0.265 e. The molecule has 25 heavy (non-hydrogen) atoms. The van der Waals surface area contributed by atoms with E-state index in [4.69, 9.17) is 21.5 Å². The summed E-state index contributed by atoms with van der Waals surface area (Å²) in [4.78, 5) is 12.2. The highest BCUT2D eigenvalue weighted by Crippen LogP contribution is 2.26. The van der Waals surface area contributed by atoms with Crippen LogP contribution in [0.4, 0.5) is 5.69 Å². The van der Waals surface area contributed by atoms with E-state index in [0.717, 1.165) is 11.1 Å². The number of benzene rings is 2. The van der Waals surface area contributed by atoms with E-state index in [1.54, 1.807) is 19.1 Å². The van der Waals surface area contributed by atoms with Gasteiger partial charge in [0.05, 0.1) is 4.90 Å². The molecule has 6 nitrogen and oxygen atoms in total. The average Bonchev–Trinajstić information content (AvgIpc) is 2.52. The molecular weight excluding hydrogens is 364 g/mol. The van der Waals surface area contributed by atoms with E-state index >= 15 is 0 Å². The Balaban J connectivity index is 2.05. The molecule has 0 aliphatic heterocycles. The summed E-state index contributed by atoms with van der Waals surface area (Å²) in [6.45, 7) is 5.34. The van der Waals surface area contributed by atoms with Crippen LogP contribution in [0, 0.1) is 13.8 Å². The molecule has 0 aliphatic rings. The quantitative estimate of drug-likeness (QED) is 0.830. The number of nitrogens with one attached hydrogen (secondary N) is 1. The lowest BCUT2D eigenvalue weighted by Crippen LogP contribution is -2.30. The maximum absolute atomic E-state index is 12.2. The molecule has 0 bridgehead atoms. The lowest BCUT2D eigenvalue weighted by atomic mass is 10.1. The number of ether oxygens (including phenoxy) is 1. The molecule has 0 radical (unpaired) electrons. The molecule has 0 saturated heterocycles. The Morgan fingerprint density at radius 1 is 1.16 bits per heavy atom. The molecule has 1 unspecified atom stereocenters. The highest BCUT2D eigenvalue weighted by atomic mass is 35.5. The normalized spacial score (nSPS) is 12.5. The molecule has 0 aromatic heterocycles. The van der Waals surface area contributed by atoms with Crippen LogP contribution in [0.5, 0.6) is 5.75 Å². The van der Waals surface area contributed by atoms with Crippen LogP contribution in [-0.4, -0.2) is 20.4 Å². The monoisotopic (exact) mass is 382 g/mol. The van der Waals surface area contributed by atoms with Gasteiger partial charge in [0.25, 0.3) is 5.91 Å². The van der Waals surface area contributed by atoms with Gasteiger partial charge in [0.2, 0.25) is 10.0 Å². The molecule has 3 N–H and O–H groups in total. The fraction of sp³-hybridized carbons (Fsp3) is 0.235. The summed E-state index contributed by atoms with van der Waals surface area (Å²) in [5.74, 6) is 0.181. The van der Waals surface area contributed by atoms with Gasteiger partial charge in [0.15, 0.2) is 6.10 Å². The Morgan fingerprint density at radius 3 is 2.16 bits per heavy atom. The number of primary sulfonamides is 1. The Hall–Kier alpha value is -2.09. The van der Waals surface area contributed by atoms with Crippen LogP contribution in [0.15, 0.2) is 41.3 Å². The number of amides is 1. The Labute approximate surface area is 152 Å². The second-order valence-electron chi connectivity index (χ2n) is 5.69. The number of hydrogen-bond donors (Lipinski definition) is 2. The van der Waals surface area contributed by atoms with Crippen LogP contribution in [0.1, 0.15) is 18.1 Å². The first kappa shape index (κ1) is 19.2. The summed E-state index contributed by atoms with van der Waals surface area (Å²) in [6, 6.07) is 9.09. The maximum atomic E-state index is 12.2. The van der Waals surface area contributed by atoms with E-state index in [-0.39, 0.29) is 10.8 Å². The summed E-state index contributed by atoms with van der Waals surface area (Å²) in [5.41, 5.74) is 2.17. The summed E-state index contributed by atoms with van der Waals surface area (Å²) in [7, 11) is -3.76. The second-order valence-corrected chi connectivity index (χ2v) is 7.63. The molecule has 134 valence electrons. The highest BCUT2D eigenvalue weighted by molar-refractivity contribution is 7.89.